The molecule has 0 aliphatic heterocycles. The van der Waals surface area contributed by atoms with Crippen molar-refractivity contribution in [2.75, 3.05) is 0 Å². The molecular formula is C11H23BN2O2. The van der Waals surface area contributed by atoms with Crippen LogP contribution in [0.3, 0.4) is 0 Å². The van der Waals surface area contributed by atoms with E-state index in [1.165, 1.54) is 0 Å². The molecule has 1 fully saturated rings. The van der Waals surface area contributed by atoms with Gasteiger partial charge in [-0.1, -0.05) is 19.2 Å². The Kier molecular flexibility index (Phi) is 4.80. The number of hydrogen-bond acceptors (Lipinski definition) is 3. The summed E-state index contributed by atoms with van der Waals surface area (Å²) in [5, 5.41) is 9.31. The Balaban J connectivity index is 2.60. The maximum absolute atomic E-state index is 11.3. The van der Waals surface area contributed by atoms with Crippen molar-refractivity contribution in [3.05, 3.63) is 0 Å². The molecule has 92 valence electrons. The molecule has 0 aromatic heterocycles. The molecule has 5 N–H and O–H groups in total. The van der Waals surface area contributed by atoms with Crippen LogP contribution in [0.2, 0.25) is 6.32 Å². The van der Waals surface area contributed by atoms with E-state index >= 15 is 0 Å². The largest absolute Gasteiger partial charge is 0.480 e. The number of hydrogen-bond donors (Lipinski definition) is 3. The number of carboxylic acid groups (broad SMARTS) is 1. The van der Waals surface area contributed by atoms with Crippen LogP contribution in [0.25, 0.3) is 0 Å². The summed E-state index contributed by atoms with van der Waals surface area (Å²) in [5.41, 5.74) is 10.9. The second-order valence-electron chi connectivity index (χ2n) is 5.07. The average Bonchev–Trinajstić information content (AvgIpc) is 2.65. The van der Waals surface area contributed by atoms with Crippen molar-refractivity contribution in [3.63, 3.8) is 0 Å². The molecule has 0 amide bonds. The predicted molar refractivity (Wildman–Crippen MR) is 67.1 cm³/mol. The predicted octanol–water partition coefficient (Wildman–Crippen LogP) is 0.118. The molecule has 1 rings (SSSR count). The fourth-order valence-electron chi connectivity index (χ4n) is 2.64. The van der Waals surface area contributed by atoms with Gasteiger partial charge >= 0.3 is 5.97 Å². The minimum Gasteiger partial charge on any atom is -0.480 e. The maximum Gasteiger partial charge on any atom is 0.323 e. The van der Waals surface area contributed by atoms with Gasteiger partial charge in [0.15, 0.2) is 0 Å². The first-order chi connectivity index (χ1) is 7.50. The van der Waals surface area contributed by atoms with Gasteiger partial charge in [0.2, 0.25) is 0 Å². The molecule has 1 saturated carbocycles. The lowest BCUT2D eigenvalue weighted by atomic mass is 9.79. The van der Waals surface area contributed by atoms with Gasteiger partial charge in [-0.2, -0.15) is 0 Å². The summed E-state index contributed by atoms with van der Waals surface area (Å²) in [4.78, 5) is 11.3. The smallest absolute Gasteiger partial charge is 0.323 e. The molecule has 0 aromatic rings. The van der Waals surface area contributed by atoms with E-state index in [-0.39, 0.29) is 12.0 Å². The topological polar surface area (TPSA) is 89.3 Å². The standard InChI is InChI=1S/C11H23BN2O2/c12-6-2-1-5-11(14,10(15)16)8-3-4-9(13)7-8/h8-9H,1-7,12-14H2,(H,15,16)/t8?,9-,11-/m1/s1. The maximum atomic E-state index is 11.3. The number of carbonyl (C=O) groups is 1. The molecule has 16 heavy (non-hydrogen) atoms. The van der Waals surface area contributed by atoms with Gasteiger partial charge in [-0.3, -0.25) is 4.79 Å². The van der Waals surface area contributed by atoms with Crippen molar-refractivity contribution in [2.24, 2.45) is 17.4 Å². The van der Waals surface area contributed by atoms with Crippen molar-refractivity contribution >= 4 is 13.8 Å². The molecular weight excluding hydrogens is 203 g/mol. The van der Waals surface area contributed by atoms with Crippen LogP contribution in [-0.2, 0) is 4.79 Å². The first-order valence-corrected chi connectivity index (χ1v) is 6.28. The zero-order valence-corrected chi connectivity index (χ0v) is 10.1. The molecule has 1 unspecified atom stereocenters. The highest BCUT2D eigenvalue weighted by molar-refractivity contribution is 6.08. The summed E-state index contributed by atoms with van der Waals surface area (Å²) in [6.45, 7) is 0. The highest BCUT2D eigenvalue weighted by Crippen LogP contribution is 2.35. The van der Waals surface area contributed by atoms with Crippen LogP contribution >= 0.6 is 0 Å². The number of nitrogens with two attached hydrogens (primary N) is 2. The Bertz CT molecular complexity index is 250. The second kappa shape index (κ2) is 5.68. The van der Waals surface area contributed by atoms with Crippen molar-refractivity contribution in [1.82, 2.24) is 0 Å². The van der Waals surface area contributed by atoms with Crippen LogP contribution in [0.15, 0.2) is 0 Å². The van der Waals surface area contributed by atoms with Gasteiger partial charge in [0.25, 0.3) is 0 Å². The molecule has 0 saturated heterocycles. The fraction of sp³-hybridized carbons (Fsp3) is 0.909. The first kappa shape index (κ1) is 13.5. The van der Waals surface area contributed by atoms with Gasteiger partial charge in [-0.25, -0.2) is 0 Å². The van der Waals surface area contributed by atoms with Crippen LogP contribution < -0.4 is 11.5 Å². The Labute approximate surface area is 98.2 Å². The van der Waals surface area contributed by atoms with Crippen LogP contribution in [-0.4, -0.2) is 30.5 Å². The van der Waals surface area contributed by atoms with Crippen molar-refractivity contribution in [2.45, 2.75) is 56.4 Å². The molecule has 0 radical (unpaired) electrons. The fourth-order valence-corrected chi connectivity index (χ4v) is 2.64. The van der Waals surface area contributed by atoms with Crippen LogP contribution in [0, 0.1) is 5.92 Å². The normalized spacial score (nSPS) is 28.9. The van der Waals surface area contributed by atoms with Gasteiger partial charge in [0.1, 0.15) is 13.4 Å². The minimum absolute atomic E-state index is 0.0526. The molecule has 4 nitrogen and oxygen atoms in total. The van der Waals surface area contributed by atoms with Gasteiger partial charge in [0, 0.05) is 6.04 Å². The Morgan fingerprint density at radius 1 is 1.44 bits per heavy atom. The summed E-state index contributed by atoms with van der Waals surface area (Å²) in [6, 6.07) is 0.137. The Morgan fingerprint density at radius 3 is 2.56 bits per heavy atom. The lowest BCUT2D eigenvalue weighted by Gasteiger charge is -2.31. The lowest BCUT2D eigenvalue weighted by molar-refractivity contribution is -0.146. The highest BCUT2D eigenvalue weighted by Gasteiger charge is 2.44. The minimum atomic E-state index is -1.05. The van der Waals surface area contributed by atoms with E-state index in [1.807, 2.05) is 0 Å². The summed E-state index contributed by atoms with van der Waals surface area (Å²) < 4.78 is 0. The van der Waals surface area contributed by atoms with Crippen molar-refractivity contribution in [1.29, 1.82) is 0 Å². The van der Waals surface area contributed by atoms with Gasteiger partial charge in [-0.05, 0) is 31.6 Å². The van der Waals surface area contributed by atoms with E-state index in [2.05, 4.69) is 7.85 Å². The van der Waals surface area contributed by atoms with E-state index in [4.69, 9.17) is 11.5 Å². The molecule has 1 aliphatic carbocycles. The molecule has 0 aromatic carbocycles. The molecule has 1 aliphatic rings. The Morgan fingerprint density at radius 2 is 2.12 bits per heavy atom. The summed E-state index contributed by atoms with van der Waals surface area (Å²) in [5.74, 6) is -0.806. The van der Waals surface area contributed by atoms with E-state index in [1.54, 1.807) is 0 Å². The highest BCUT2D eigenvalue weighted by atomic mass is 16.4. The summed E-state index contributed by atoms with van der Waals surface area (Å²) >= 11 is 0. The second-order valence-corrected chi connectivity index (χ2v) is 5.07. The Hall–Kier alpha value is -0.545. The lowest BCUT2D eigenvalue weighted by Crippen LogP contribution is -2.53. The van der Waals surface area contributed by atoms with Crippen LogP contribution in [0.4, 0.5) is 0 Å². The SMILES string of the molecule is BCCCC[C@](N)(C(=O)O)C1CC[C@@H](N)C1. The third kappa shape index (κ3) is 2.98. The van der Waals surface area contributed by atoms with Crippen LogP contribution in [0.1, 0.15) is 38.5 Å². The van der Waals surface area contributed by atoms with Gasteiger partial charge in [0.05, 0.1) is 0 Å². The average molecular weight is 226 g/mol. The third-order valence-electron chi connectivity index (χ3n) is 3.79. The quantitative estimate of drug-likeness (QED) is 0.443. The molecule has 0 heterocycles. The number of carboxylic acids is 1. The van der Waals surface area contributed by atoms with Crippen molar-refractivity contribution < 1.29 is 9.90 Å². The van der Waals surface area contributed by atoms with E-state index < -0.39 is 11.5 Å². The molecule has 0 spiro atoms. The summed E-state index contributed by atoms with van der Waals surface area (Å²) in [7, 11) is 2.10. The zero-order valence-electron chi connectivity index (χ0n) is 10.1. The first-order valence-electron chi connectivity index (χ1n) is 6.28. The molecule has 5 heteroatoms. The van der Waals surface area contributed by atoms with E-state index in [9.17, 15) is 9.90 Å². The zero-order chi connectivity index (χ0) is 12.2. The third-order valence-corrected chi connectivity index (χ3v) is 3.79. The number of rotatable bonds is 6. The van der Waals surface area contributed by atoms with Gasteiger partial charge in [-0.15, -0.1) is 0 Å². The van der Waals surface area contributed by atoms with Crippen molar-refractivity contribution in [3.8, 4) is 0 Å². The monoisotopic (exact) mass is 226 g/mol. The van der Waals surface area contributed by atoms with Crippen LogP contribution in [0.5, 0.6) is 0 Å². The van der Waals surface area contributed by atoms with Gasteiger partial charge < -0.3 is 16.6 Å². The number of aliphatic carboxylic acids is 1. The van der Waals surface area contributed by atoms with E-state index in [0.717, 1.165) is 38.4 Å². The van der Waals surface area contributed by atoms with E-state index in [0.29, 0.717) is 6.42 Å². The number of unbranched alkanes of at least 4 members (excludes halogenated alkanes) is 1. The molecule has 3 atom stereocenters. The summed E-state index contributed by atoms with van der Waals surface area (Å²) in [6.07, 6.45) is 6.12. The molecule has 0 bridgehead atoms.